The molecule has 2 fully saturated rings. The number of aryl methyl sites for hydroxylation is 1. The Labute approximate surface area is 176 Å². The number of nitrogens with zero attached hydrogens (tertiary/aromatic N) is 3. The number of carbonyl (C=O) groups is 2. The number of likely N-dealkylation sites (N-methyl/N-ethyl adjacent to an activating group) is 1. The number of benzene rings is 1. The third-order valence-corrected chi connectivity index (χ3v) is 7.17. The zero-order valence-corrected chi connectivity index (χ0v) is 18.2. The number of rotatable bonds is 4. The number of thiophene rings is 1. The van der Waals surface area contributed by atoms with Crippen molar-refractivity contribution < 1.29 is 9.59 Å². The summed E-state index contributed by atoms with van der Waals surface area (Å²) in [6, 6.07) is 12.2. The average Bonchev–Trinajstić information content (AvgIpc) is 3.36. The van der Waals surface area contributed by atoms with Gasteiger partial charge in [0.05, 0.1) is 12.0 Å². The van der Waals surface area contributed by atoms with Gasteiger partial charge in [-0.25, -0.2) is 0 Å². The van der Waals surface area contributed by atoms with E-state index in [9.17, 15) is 9.59 Å². The topological polar surface area (TPSA) is 43.9 Å². The molecule has 6 heteroatoms. The smallest absolute Gasteiger partial charge is 0.228 e. The maximum atomic E-state index is 13.6. The van der Waals surface area contributed by atoms with Gasteiger partial charge in [0, 0.05) is 36.1 Å². The maximum Gasteiger partial charge on any atom is 0.228 e. The molecule has 4 rings (SSSR count). The number of piperidine rings is 1. The monoisotopic (exact) mass is 411 g/mol. The van der Waals surface area contributed by atoms with Crippen LogP contribution in [0, 0.1) is 12.8 Å². The summed E-state index contributed by atoms with van der Waals surface area (Å²) in [5, 5.41) is 2.02. The number of likely N-dealkylation sites (tertiary alicyclic amines) is 1. The summed E-state index contributed by atoms with van der Waals surface area (Å²) in [5.74, 6) is -0.173. The third kappa shape index (κ3) is 3.96. The molecular formula is C23H29N3O2S. The number of hydrogen-bond acceptors (Lipinski definition) is 4. The Bertz CT molecular complexity index is 863. The largest absolute Gasteiger partial charge is 0.341 e. The van der Waals surface area contributed by atoms with Gasteiger partial charge in [-0.1, -0.05) is 23.8 Å². The van der Waals surface area contributed by atoms with Crippen LogP contribution >= 0.6 is 11.3 Å². The van der Waals surface area contributed by atoms with E-state index in [0.717, 1.165) is 42.1 Å². The fraction of sp³-hybridized carbons (Fsp3) is 0.478. The summed E-state index contributed by atoms with van der Waals surface area (Å²) in [6.45, 7) is 3.57. The van der Waals surface area contributed by atoms with Gasteiger partial charge in [-0.3, -0.25) is 9.59 Å². The van der Waals surface area contributed by atoms with Crippen LogP contribution in [0.2, 0.25) is 0 Å². The lowest BCUT2D eigenvalue weighted by atomic mass is 9.95. The van der Waals surface area contributed by atoms with Crippen molar-refractivity contribution in [1.29, 1.82) is 0 Å². The Morgan fingerprint density at radius 2 is 1.93 bits per heavy atom. The molecule has 2 aliphatic rings. The van der Waals surface area contributed by atoms with Crippen LogP contribution in [0.1, 0.15) is 35.7 Å². The van der Waals surface area contributed by atoms with Crippen LogP contribution < -0.4 is 4.90 Å². The SMILES string of the molecule is Cc1ccc(N2C(=O)CC(C(=O)N3CCCC(N(C)C)C3)C2c2cccs2)cc1. The van der Waals surface area contributed by atoms with Crippen molar-refractivity contribution in [3.63, 3.8) is 0 Å². The minimum absolute atomic E-state index is 0.0340. The quantitative estimate of drug-likeness (QED) is 0.771. The van der Waals surface area contributed by atoms with Crippen molar-refractivity contribution in [3.05, 3.63) is 52.2 Å². The maximum absolute atomic E-state index is 13.6. The minimum Gasteiger partial charge on any atom is -0.341 e. The second kappa shape index (κ2) is 8.28. The minimum atomic E-state index is -0.330. The van der Waals surface area contributed by atoms with E-state index in [0.29, 0.717) is 6.04 Å². The summed E-state index contributed by atoms with van der Waals surface area (Å²) in [7, 11) is 4.15. The lowest BCUT2D eigenvalue weighted by molar-refractivity contribution is -0.138. The van der Waals surface area contributed by atoms with Crippen LogP contribution in [0.4, 0.5) is 5.69 Å². The lowest BCUT2D eigenvalue weighted by Gasteiger charge is -2.38. The van der Waals surface area contributed by atoms with Crippen LogP contribution in [-0.4, -0.2) is 54.8 Å². The van der Waals surface area contributed by atoms with Crippen LogP contribution in [0.25, 0.3) is 0 Å². The van der Waals surface area contributed by atoms with E-state index >= 15 is 0 Å². The number of hydrogen-bond donors (Lipinski definition) is 0. The normalized spacial score (nSPS) is 25.1. The van der Waals surface area contributed by atoms with E-state index in [-0.39, 0.29) is 30.2 Å². The van der Waals surface area contributed by atoms with Gasteiger partial charge >= 0.3 is 0 Å². The zero-order chi connectivity index (χ0) is 20.5. The Hall–Kier alpha value is -2.18. The second-order valence-corrected chi connectivity index (χ2v) is 9.39. The van der Waals surface area contributed by atoms with E-state index in [1.165, 1.54) is 0 Å². The van der Waals surface area contributed by atoms with Gasteiger partial charge in [0.1, 0.15) is 0 Å². The van der Waals surface area contributed by atoms with Crippen molar-refractivity contribution in [3.8, 4) is 0 Å². The summed E-state index contributed by atoms with van der Waals surface area (Å²) in [5.41, 5.74) is 2.03. The molecule has 3 atom stereocenters. The Morgan fingerprint density at radius 3 is 2.59 bits per heavy atom. The lowest BCUT2D eigenvalue weighted by Crippen LogP contribution is -2.49. The number of anilines is 1. The molecule has 0 aliphatic carbocycles. The van der Waals surface area contributed by atoms with E-state index in [1.54, 1.807) is 11.3 Å². The number of carbonyl (C=O) groups excluding carboxylic acids is 2. The Balaban J connectivity index is 1.64. The van der Waals surface area contributed by atoms with Gasteiger partial charge in [-0.05, 0) is 57.4 Å². The Morgan fingerprint density at radius 1 is 1.17 bits per heavy atom. The molecule has 3 unspecified atom stereocenters. The van der Waals surface area contributed by atoms with E-state index in [1.807, 2.05) is 58.5 Å². The van der Waals surface area contributed by atoms with E-state index in [2.05, 4.69) is 19.0 Å². The van der Waals surface area contributed by atoms with Gasteiger partial charge in [-0.15, -0.1) is 11.3 Å². The molecular weight excluding hydrogens is 382 g/mol. The highest BCUT2D eigenvalue weighted by atomic mass is 32.1. The van der Waals surface area contributed by atoms with Crippen molar-refractivity contribution in [2.75, 3.05) is 32.1 Å². The van der Waals surface area contributed by atoms with Crippen molar-refractivity contribution in [2.24, 2.45) is 5.92 Å². The van der Waals surface area contributed by atoms with Crippen molar-refractivity contribution in [2.45, 2.75) is 38.3 Å². The zero-order valence-electron chi connectivity index (χ0n) is 17.4. The van der Waals surface area contributed by atoms with Crippen LogP contribution in [0.5, 0.6) is 0 Å². The molecule has 0 N–H and O–H groups in total. The molecule has 2 aromatic rings. The predicted octanol–water partition coefficient (Wildman–Crippen LogP) is 3.70. The van der Waals surface area contributed by atoms with Gasteiger partial charge in [0.15, 0.2) is 0 Å². The molecule has 29 heavy (non-hydrogen) atoms. The third-order valence-electron chi connectivity index (χ3n) is 6.23. The predicted molar refractivity (Wildman–Crippen MR) is 117 cm³/mol. The van der Waals surface area contributed by atoms with Gasteiger partial charge < -0.3 is 14.7 Å². The highest BCUT2D eigenvalue weighted by Gasteiger charge is 2.47. The first kappa shape index (κ1) is 20.1. The second-order valence-electron chi connectivity index (χ2n) is 8.41. The average molecular weight is 412 g/mol. The molecule has 0 saturated carbocycles. The van der Waals surface area contributed by atoms with Crippen LogP contribution in [0.15, 0.2) is 41.8 Å². The molecule has 2 amide bonds. The molecule has 2 saturated heterocycles. The van der Waals surface area contributed by atoms with Gasteiger partial charge in [-0.2, -0.15) is 0 Å². The highest BCUT2D eigenvalue weighted by Crippen LogP contribution is 2.44. The van der Waals surface area contributed by atoms with Crippen molar-refractivity contribution in [1.82, 2.24) is 9.80 Å². The summed E-state index contributed by atoms with van der Waals surface area (Å²) >= 11 is 1.62. The van der Waals surface area contributed by atoms with E-state index < -0.39 is 0 Å². The van der Waals surface area contributed by atoms with Crippen molar-refractivity contribution >= 4 is 28.8 Å². The fourth-order valence-electron chi connectivity index (χ4n) is 4.56. The van der Waals surface area contributed by atoms with Gasteiger partial charge in [0.25, 0.3) is 0 Å². The molecule has 1 aromatic heterocycles. The first-order chi connectivity index (χ1) is 14.0. The summed E-state index contributed by atoms with van der Waals surface area (Å²) < 4.78 is 0. The molecule has 154 valence electrons. The first-order valence-corrected chi connectivity index (χ1v) is 11.2. The van der Waals surface area contributed by atoms with Gasteiger partial charge in [0.2, 0.25) is 11.8 Å². The van der Waals surface area contributed by atoms with Crippen LogP contribution in [-0.2, 0) is 9.59 Å². The number of amides is 2. The summed E-state index contributed by atoms with van der Waals surface area (Å²) in [6.07, 6.45) is 2.41. The van der Waals surface area contributed by atoms with E-state index in [4.69, 9.17) is 0 Å². The molecule has 0 bridgehead atoms. The molecule has 1 aromatic carbocycles. The highest BCUT2D eigenvalue weighted by molar-refractivity contribution is 7.10. The summed E-state index contributed by atoms with van der Waals surface area (Å²) in [4.78, 5) is 33.8. The molecule has 0 radical (unpaired) electrons. The fourth-order valence-corrected chi connectivity index (χ4v) is 5.44. The molecule has 5 nitrogen and oxygen atoms in total. The molecule has 2 aliphatic heterocycles. The standard InChI is InChI=1S/C23H29N3O2S/c1-16-8-10-17(11-9-16)26-21(27)14-19(22(26)20-7-5-13-29-20)23(28)25-12-4-6-18(15-25)24(2)3/h5,7-11,13,18-19,22H,4,6,12,14-15H2,1-3H3. The Kier molecular flexibility index (Phi) is 5.74. The molecule has 0 spiro atoms. The van der Waals surface area contributed by atoms with Crippen LogP contribution in [0.3, 0.4) is 0 Å². The first-order valence-electron chi connectivity index (χ1n) is 10.3. The molecule has 3 heterocycles.